The number of hydrogen-bond donors (Lipinski definition) is 1. The molecule has 0 unspecified atom stereocenters. The Morgan fingerprint density at radius 3 is 2.89 bits per heavy atom. The zero-order chi connectivity index (χ0) is 13.7. The molecule has 1 aromatic heterocycles. The maximum atomic E-state index is 12.0. The van der Waals surface area contributed by atoms with Crippen molar-refractivity contribution >= 4 is 6.03 Å². The molecule has 0 aliphatic carbocycles. The van der Waals surface area contributed by atoms with Crippen LogP contribution in [0.4, 0.5) is 4.79 Å². The molecule has 19 heavy (non-hydrogen) atoms. The highest BCUT2D eigenvalue weighted by Gasteiger charge is 2.16. The van der Waals surface area contributed by atoms with Crippen molar-refractivity contribution in [2.45, 2.75) is 12.8 Å². The SMILES string of the molecule is CN1CCCN(C(=O)NCCc2cnn(C)c2)CC1. The minimum atomic E-state index is 0.0548. The van der Waals surface area contributed by atoms with Crippen molar-refractivity contribution < 1.29 is 4.79 Å². The molecule has 6 nitrogen and oxygen atoms in total. The summed E-state index contributed by atoms with van der Waals surface area (Å²) in [4.78, 5) is 16.2. The first-order chi connectivity index (χ1) is 9.15. The molecule has 0 saturated carbocycles. The van der Waals surface area contributed by atoms with E-state index in [1.807, 2.05) is 24.3 Å². The maximum absolute atomic E-state index is 12.0. The number of carbonyl (C=O) groups is 1. The van der Waals surface area contributed by atoms with Crippen LogP contribution in [0.5, 0.6) is 0 Å². The highest BCUT2D eigenvalue weighted by atomic mass is 16.2. The first kappa shape index (κ1) is 13.9. The number of likely N-dealkylation sites (N-methyl/N-ethyl adjacent to an activating group) is 1. The van der Waals surface area contributed by atoms with Gasteiger partial charge in [-0.15, -0.1) is 0 Å². The van der Waals surface area contributed by atoms with Crippen molar-refractivity contribution in [3.05, 3.63) is 18.0 Å². The van der Waals surface area contributed by atoms with Crippen LogP contribution in [0.2, 0.25) is 0 Å². The third-order valence-electron chi connectivity index (χ3n) is 3.45. The third kappa shape index (κ3) is 4.24. The molecule has 0 radical (unpaired) electrons. The summed E-state index contributed by atoms with van der Waals surface area (Å²) in [6, 6.07) is 0.0548. The summed E-state index contributed by atoms with van der Waals surface area (Å²) in [5.41, 5.74) is 1.15. The van der Waals surface area contributed by atoms with Gasteiger partial charge in [-0.2, -0.15) is 5.10 Å². The molecule has 2 heterocycles. The minimum absolute atomic E-state index is 0.0548. The van der Waals surface area contributed by atoms with Crippen LogP contribution in [0.3, 0.4) is 0 Å². The molecule has 1 aromatic rings. The molecule has 106 valence electrons. The largest absolute Gasteiger partial charge is 0.338 e. The smallest absolute Gasteiger partial charge is 0.317 e. The molecular weight excluding hydrogens is 242 g/mol. The van der Waals surface area contributed by atoms with E-state index in [0.29, 0.717) is 6.54 Å². The Morgan fingerprint density at radius 1 is 1.32 bits per heavy atom. The van der Waals surface area contributed by atoms with Crippen molar-refractivity contribution in [1.29, 1.82) is 0 Å². The number of amides is 2. The topological polar surface area (TPSA) is 53.4 Å². The second-order valence-corrected chi connectivity index (χ2v) is 5.15. The Balaban J connectivity index is 1.71. The van der Waals surface area contributed by atoms with Gasteiger partial charge in [0.05, 0.1) is 6.20 Å². The van der Waals surface area contributed by atoms with E-state index < -0.39 is 0 Å². The van der Waals surface area contributed by atoms with E-state index in [1.165, 1.54) is 0 Å². The molecule has 0 atom stereocenters. The summed E-state index contributed by atoms with van der Waals surface area (Å²) >= 11 is 0. The summed E-state index contributed by atoms with van der Waals surface area (Å²) in [5, 5.41) is 7.10. The summed E-state index contributed by atoms with van der Waals surface area (Å²) < 4.78 is 1.78. The van der Waals surface area contributed by atoms with E-state index in [4.69, 9.17) is 0 Å². The van der Waals surface area contributed by atoms with E-state index in [9.17, 15) is 4.79 Å². The molecule has 1 saturated heterocycles. The van der Waals surface area contributed by atoms with Gasteiger partial charge in [-0.05, 0) is 32.0 Å². The van der Waals surface area contributed by atoms with Crippen LogP contribution in [0.15, 0.2) is 12.4 Å². The molecule has 1 aliphatic heterocycles. The highest BCUT2D eigenvalue weighted by molar-refractivity contribution is 5.74. The Labute approximate surface area is 114 Å². The number of nitrogens with zero attached hydrogens (tertiary/aromatic N) is 4. The van der Waals surface area contributed by atoms with Crippen molar-refractivity contribution in [1.82, 2.24) is 24.9 Å². The Hall–Kier alpha value is -1.56. The van der Waals surface area contributed by atoms with Crippen LogP contribution >= 0.6 is 0 Å². The quantitative estimate of drug-likeness (QED) is 0.856. The lowest BCUT2D eigenvalue weighted by atomic mass is 10.2. The van der Waals surface area contributed by atoms with Gasteiger partial charge in [-0.1, -0.05) is 0 Å². The zero-order valence-electron chi connectivity index (χ0n) is 11.8. The number of urea groups is 1. The average molecular weight is 265 g/mol. The van der Waals surface area contributed by atoms with E-state index in [-0.39, 0.29) is 6.03 Å². The van der Waals surface area contributed by atoms with Gasteiger partial charge in [0.1, 0.15) is 0 Å². The van der Waals surface area contributed by atoms with Crippen molar-refractivity contribution in [3.63, 3.8) is 0 Å². The van der Waals surface area contributed by atoms with Gasteiger partial charge in [0, 0.05) is 39.4 Å². The lowest BCUT2D eigenvalue weighted by molar-refractivity contribution is 0.199. The number of carbonyl (C=O) groups excluding carboxylic acids is 1. The van der Waals surface area contributed by atoms with Crippen LogP contribution in [-0.2, 0) is 13.5 Å². The first-order valence-corrected chi connectivity index (χ1v) is 6.84. The molecule has 1 aliphatic rings. The molecule has 0 spiro atoms. The number of rotatable bonds is 3. The standard InChI is InChI=1S/C13H23N5O/c1-16-6-3-7-18(9-8-16)13(19)14-5-4-12-10-15-17(2)11-12/h10-11H,3-9H2,1-2H3,(H,14,19). The molecule has 1 fully saturated rings. The molecule has 2 amide bonds. The summed E-state index contributed by atoms with van der Waals surface area (Å²) in [6.45, 7) is 4.35. The summed E-state index contributed by atoms with van der Waals surface area (Å²) in [7, 11) is 4.00. The van der Waals surface area contributed by atoms with Crippen LogP contribution < -0.4 is 5.32 Å². The van der Waals surface area contributed by atoms with Gasteiger partial charge in [-0.25, -0.2) is 4.79 Å². The van der Waals surface area contributed by atoms with Gasteiger partial charge >= 0.3 is 6.03 Å². The number of aromatic nitrogens is 2. The van der Waals surface area contributed by atoms with E-state index in [2.05, 4.69) is 22.4 Å². The van der Waals surface area contributed by atoms with Gasteiger partial charge in [0.25, 0.3) is 0 Å². The summed E-state index contributed by atoms with van der Waals surface area (Å²) in [6.07, 6.45) is 5.69. The number of hydrogen-bond acceptors (Lipinski definition) is 3. The zero-order valence-corrected chi connectivity index (χ0v) is 11.8. The van der Waals surface area contributed by atoms with Gasteiger partial charge < -0.3 is 15.1 Å². The predicted molar refractivity (Wildman–Crippen MR) is 74.0 cm³/mol. The fraction of sp³-hybridized carbons (Fsp3) is 0.692. The van der Waals surface area contributed by atoms with Gasteiger partial charge in [0.15, 0.2) is 0 Å². The molecule has 0 bridgehead atoms. The van der Waals surface area contributed by atoms with E-state index in [1.54, 1.807) is 4.68 Å². The minimum Gasteiger partial charge on any atom is -0.338 e. The second-order valence-electron chi connectivity index (χ2n) is 5.15. The lowest BCUT2D eigenvalue weighted by Gasteiger charge is -2.20. The second kappa shape index (κ2) is 6.56. The number of nitrogens with one attached hydrogen (secondary N) is 1. The summed E-state index contributed by atoms with van der Waals surface area (Å²) in [5.74, 6) is 0. The van der Waals surface area contributed by atoms with Crippen molar-refractivity contribution in [3.8, 4) is 0 Å². The Morgan fingerprint density at radius 2 is 2.16 bits per heavy atom. The van der Waals surface area contributed by atoms with Gasteiger partial charge in [-0.3, -0.25) is 4.68 Å². The Bertz CT molecular complexity index is 417. The molecule has 6 heteroatoms. The normalized spacial score (nSPS) is 17.3. The van der Waals surface area contributed by atoms with E-state index in [0.717, 1.165) is 44.6 Å². The third-order valence-corrected chi connectivity index (χ3v) is 3.45. The fourth-order valence-corrected chi connectivity index (χ4v) is 2.28. The van der Waals surface area contributed by atoms with Crippen LogP contribution in [0, 0.1) is 0 Å². The predicted octanol–water partition coefficient (Wildman–Crippen LogP) is 0.310. The maximum Gasteiger partial charge on any atom is 0.317 e. The lowest BCUT2D eigenvalue weighted by Crippen LogP contribution is -2.42. The van der Waals surface area contributed by atoms with E-state index >= 15 is 0 Å². The van der Waals surface area contributed by atoms with Gasteiger partial charge in [0.2, 0.25) is 0 Å². The average Bonchev–Trinajstić information content (AvgIpc) is 2.66. The van der Waals surface area contributed by atoms with Crippen LogP contribution in [0.1, 0.15) is 12.0 Å². The Kier molecular flexibility index (Phi) is 4.79. The van der Waals surface area contributed by atoms with Crippen LogP contribution in [0.25, 0.3) is 0 Å². The monoisotopic (exact) mass is 265 g/mol. The molecular formula is C13H23N5O. The fourth-order valence-electron chi connectivity index (χ4n) is 2.28. The van der Waals surface area contributed by atoms with Crippen molar-refractivity contribution in [2.24, 2.45) is 7.05 Å². The molecule has 1 N–H and O–H groups in total. The highest BCUT2D eigenvalue weighted by Crippen LogP contribution is 2.01. The number of aryl methyl sites for hydroxylation is 1. The first-order valence-electron chi connectivity index (χ1n) is 6.84. The molecule has 0 aromatic carbocycles. The van der Waals surface area contributed by atoms with Crippen LogP contribution in [-0.4, -0.2) is 65.4 Å². The van der Waals surface area contributed by atoms with Crippen molar-refractivity contribution in [2.75, 3.05) is 39.8 Å². The molecule has 2 rings (SSSR count).